The van der Waals surface area contributed by atoms with Crippen molar-refractivity contribution in [2.75, 3.05) is 5.32 Å². The summed E-state index contributed by atoms with van der Waals surface area (Å²) >= 11 is 3.45. The first kappa shape index (κ1) is 16.7. The van der Waals surface area contributed by atoms with Crippen molar-refractivity contribution in [2.24, 2.45) is 11.8 Å². The maximum Gasteiger partial charge on any atom is 0.250 e. The predicted molar refractivity (Wildman–Crippen MR) is 95.6 cm³/mol. The Balaban J connectivity index is 1.89. The molecule has 3 heterocycles. The second kappa shape index (κ2) is 5.38. The Labute approximate surface area is 154 Å². The van der Waals surface area contributed by atoms with Gasteiger partial charge in [-0.15, -0.1) is 0 Å². The van der Waals surface area contributed by atoms with Gasteiger partial charge in [-0.1, -0.05) is 22.9 Å². The van der Waals surface area contributed by atoms with E-state index in [2.05, 4.69) is 26.6 Å². The van der Waals surface area contributed by atoms with E-state index in [9.17, 15) is 14.4 Å². The van der Waals surface area contributed by atoms with Crippen LogP contribution in [0.5, 0.6) is 0 Å². The van der Waals surface area contributed by atoms with Crippen LogP contribution in [0.4, 0.5) is 5.69 Å². The number of likely N-dealkylation sites (tertiary alicyclic amines) is 1. The van der Waals surface area contributed by atoms with Crippen LogP contribution in [-0.4, -0.2) is 34.7 Å². The van der Waals surface area contributed by atoms with Gasteiger partial charge in [0.1, 0.15) is 5.54 Å². The molecule has 2 saturated heterocycles. The Hall–Kier alpha value is -1.73. The highest BCUT2D eigenvalue weighted by atomic mass is 79.9. The van der Waals surface area contributed by atoms with Crippen molar-refractivity contribution in [3.05, 3.63) is 28.2 Å². The molecule has 0 radical (unpaired) electrons. The average molecular weight is 406 g/mol. The quantitative estimate of drug-likeness (QED) is 0.737. The number of hydrogen-bond acceptors (Lipinski definition) is 4. The Kier molecular flexibility index (Phi) is 3.60. The molecule has 1 aromatic carbocycles. The molecule has 3 amide bonds. The topological polar surface area (TPSA) is 78.5 Å². The van der Waals surface area contributed by atoms with E-state index < -0.39 is 17.4 Å². The molecule has 132 valence electrons. The van der Waals surface area contributed by atoms with Gasteiger partial charge in [-0.2, -0.15) is 0 Å². The van der Waals surface area contributed by atoms with E-state index in [4.69, 9.17) is 0 Å². The lowest BCUT2D eigenvalue weighted by Gasteiger charge is -2.30. The largest absolute Gasteiger partial charge is 0.324 e. The number of nitrogens with zero attached hydrogens (tertiary/aromatic N) is 1. The van der Waals surface area contributed by atoms with Gasteiger partial charge in [0.15, 0.2) is 0 Å². The van der Waals surface area contributed by atoms with Crippen LogP contribution in [0, 0.1) is 11.8 Å². The second-order valence-corrected chi connectivity index (χ2v) is 8.11. The average Bonchev–Trinajstić information content (AvgIpc) is 3.12. The van der Waals surface area contributed by atoms with Crippen LogP contribution in [0.15, 0.2) is 22.7 Å². The summed E-state index contributed by atoms with van der Waals surface area (Å²) in [5, 5.41) is 6.18. The van der Waals surface area contributed by atoms with Gasteiger partial charge < -0.3 is 5.32 Å². The monoisotopic (exact) mass is 405 g/mol. The molecule has 4 rings (SSSR count). The summed E-state index contributed by atoms with van der Waals surface area (Å²) in [6.45, 7) is 5.70. The van der Waals surface area contributed by atoms with E-state index in [0.717, 1.165) is 10.0 Å². The minimum absolute atomic E-state index is 0.165. The standard InChI is InChI=1S/C18H20BrN3O3/c1-4-8(2)22-15(23)13-9(3)21-18(14(13)16(22)24)11-7-10(19)5-6-12(11)20-17(18)25/h5-9,13-14,21H,4H2,1-3H3,(H,20,25)/t8-,9-,13-,14+,18-/m1/s1. The number of rotatable bonds is 2. The van der Waals surface area contributed by atoms with Crippen LogP contribution in [0.3, 0.4) is 0 Å². The molecule has 1 aromatic rings. The summed E-state index contributed by atoms with van der Waals surface area (Å²) in [6.07, 6.45) is 0.695. The Morgan fingerprint density at radius 1 is 1.28 bits per heavy atom. The highest BCUT2D eigenvalue weighted by molar-refractivity contribution is 9.10. The molecule has 2 N–H and O–H groups in total. The number of halogens is 1. The zero-order chi connectivity index (χ0) is 18.1. The van der Waals surface area contributed by atoms with Gasteiger partial charge in [0.25, 0.3) is 0 Å². The fraction of sp³-hybridized carbons (Fsp3) is 0.500. The fourth-order valence-corrected chi connectivity index (χ4v) is 4.94. The highest BCUT2D eigenvalue weighted by Crippen LogP contribution is 2.53. The predicted octanol–water partition coefficient (Wildman–Crippen LogP) is 1.99. The molecule has 0 saturated carbocycles. The van der Waals surface area contributed by atoms with Crippen molar-refractivity contribution < 1.29 is 14.4 Å². The van der Waals surface area contributed by atoms with Crippen LogP contribution in [0.2, 0.25) is 0 Å². The third kappa shape index (κ3) is 1.96. The molecule has 25 heavy (non-hydrogen) atoms. The number of amides is 3. The maximum atomic E-state index is 13.2. The van der Waals surface area contributed by atoms with Crippen LogP contribution < -0.4 is 10.6 Å². The third-order valence-corrected chi connectivity index (χ3v) is 6.38. The van der Waals surface area contributed by atoms with Crippen molar-refractivity contribution in [2.45, 2.75) is 44.8 Å². The van der Waals surface area contributed by atoms with Crippen molar-refractivity contribution in [1.29, 1.82) is 0 Å². The van der Waals surface area contributed by atoms with Gasteiger partial charge in [-0.25, -0.2) is 0 Å². The van der Waals surface area contributed by atoms with E-state index >= 15 is 0 Å². The number of carbonyl (C=O) groups excluding carboxylic acids is 3. The van der Waals surface area contributed by atoms with Crippen LogP contribution in [0.25, 0.3) is 0 Å². The summed E-state index contributed by atoms with van der Waals surface area (Å²) in [5.41, 5.74) is 0.243. The molecular formula is C18H20BrN3O3. The first-order valence-corrected chi connectivity index (χ1v) is 9.38. The zero-order valence-electron chi connectivity index (χ0n) is 14.3. The van der Waals surface area contributed by atoms with Gasteiger partial charge in [-0.05, 0) is 38.5 Å². The van der Waals surface area contributed by atoms with Crippen LogP contribution in [-0.2, 0) is 19.9 Å². The summed E-state index contributed by atoms with van der Waals surface area (Å²) in [6, 6.07) is 5.10. The van der Waals surface area contributed by atoms with Gasteiger partial charge in [0.2, 0.25) is 17.7 Å². The molecule has 3 aliphatic rings. The first-order valence-electron chi connectivity index (χ1n) is 8.59. The first-order chi connectivity index (χ1) is 11.8. The molecule has 7 heteroatoms. The molecule has 3 aliphatic heterocycles. The molecule has 0 bridgehead atoms. The summed E-state index contributed by atoms with van der Waals surface area (Å²) in [5.74, 6) is -1.90. The number of fused-ring (bicyclic) bond motifs is 4. The number of hydrogen-bond donors (Lipinski definition) is 2. The summed E-state index contributed by atoms with van der Waals surface area (Å²) < 4.78 is 0.829. The van der Waals surface area contributed by atoms with E-state index in [1.165, 1.54) is 4.90 Å². The number of carbonyl (C=O) groups is 3. The Bertz CT molecular complexity index is 811. The Morgan fingerprint density at radius 2 is 2.00 bits per heavy atom. The lowest BCUT2D eigenvalue weighted by Crippen LogP contribution is -2.53. The number of nitrogens with one attached hydrogen (secondary N) is 2. The maximum absolute atomic E-state index is 13.2. The van der Waals surface area contributed by atoms with Crippen molar-refractivity contribution >= 4 is 39.3 Å². The molecule has 0 aliphatic carbocycles. The summed E-state index contributed by atoms with van der Waals surface area (Å²) in [4.78, 5) is 40.5. The smallest absolute Gasteiger partial charge is 0.250 e. The van der Waals surface area contributed by atoms with Crippen LogP contribution in [0.1, 0.15) is 32.8 Å². The van der Waals surface area contributed by atoms with Crippen molar-refractivity contribution in [1.82, 2.24) is 10.2 Å². The Morgan fingerprint density at radius 3 is 2.68 bits per heavy atom. The fourth-order valence-electron chi connectivity index (χ4n) is 4.58. The van der Waals surface area contributed by atoms with E-state index in [0.29, 0.717) is 12.1 Å². The highest BCUT2D eigenvalue weighted by Gasteiger charge is 2.69. The second-order valence-electron chi connectivity index (χ2n) is 7.19. The lowest BCUT2D eigenvalue weighted by molar-refractivity contribution is -0.145. The lowest BCUT2D eigenvalue weighted by atomic mass is 9.76. The van der Waals surface area contributed by atoms with Gasteiger partial charge in [0.05, 0.1) is 11.8 Å². The van der Waals surface area contributed by atoms with Gasteiger partial charge in [0, 0.05) is 27.8 Å². The van der Waals surface area contributed by atoms with Crippen LogP contribution >= 0.6 is 15.9 Å². The van der Waals surface area contributed by atoms with E-state index in [1.54, 1.807) is 0 Å². The minimum Gasteiger partial charge on any atom is -0.324 e. The molecule has 1 spiro atoms. The zero-order valence-corrected chi connectivity index (χ0v) is 15.9. The molecule has 5 atom stereocenters. The minimum atomic E-state index is -1.18. The molecule has 6 nitrogen and oxygen atoms in total. The van der Waals surface area contributed by atoms with Crippen molar-refractivity contribution in [3.8, 4) is 0 Å². The molecular weight excluding hydrogens is 386 g/mol. The molecule has 0 unspecified atom stereocenters. The molecule has 0 aromatic heterocycles. The normalized spacial score (nSPS) is 34.5. The number of imide groups is 1. The van der Waals surface area contributed by atoms with E-state index in [1.807, 2.05) is 39.0 Å². The number of benzene rings is 1. The van der Waals surface area contributed by atoms with Gasteiger partial charge >= 0.3 is 0 Å². The SMILES string of the molecule is CC[C@@H](C)N1C(=O)[C@H]2[C@@H](C1=O)[C@@]1(N[C@@H]2C)C(=O)Nc2ccc(Br)cc21. The third-order valence-electron chi connectivity index (χ3n) is 5.89. The van der Waals surface area contributed by atoms with Gasteiger partial charge in [-0.3, -0.25) is 24.6 Å². The molecule has 2 fully saturated rings. The number of anilines is 1. The van der Waals surface area contributed by atoms with Crippen molar-refractivity contribution in [3.63, 3.8) is 0 Å². The van der Waals surface area contributed by atoms with E-state index in [-0.39, 0.29) is 29.8 Å². The summed E-state index contributed by atoms with van der Waals surface area (Å²) in [7, 11) is 0.